The second-order valence-corrected chi connectivity index (χ2v) is 5.86. The molecule has 120 valence electrons. The number of aromatic hydroxyl groups is 1. The van der Waals surface area contributed by atoms with E-state index in [4.69, 9.17) is 21.7 Å². The lowest BCUT2D eigenvalue weighted by Crippen LogP contribution is -2.08. The molecule has 6 heteroatoms. The molecule has 0 spiro atoms. The summed E-state index contributed by atoms with van der Waals surface area (Å²) in [6, 6.07) is 12.6. The number of nitrogens with one attached hydrogen (secondary N) is 1. The Kier molecular flexibility index (Phi) is 3.46. The molecule has 2 N–H and O–H groups in total. The van der Waals surface area contributed by atoms with Crippen LogP contribution in [0.1, 0.15) is 11.1 Å². The number of phenolic OH excluding ortho intramolecular Hbond substituents is 1. The van der Waals surface area contributed by atoms with Crippen LogP contribution in [0, 0.1) is 4.64 Å². The third kappa shape index (κ3) is 2.41. The van der Waals surface area contributed by atoms with E-state index >= 15 is 0 Å². The van der Waals surface area contributed by atoms with Gasteiger partial charge in [-0.05, 0) is 18.2 Å². The van der Waals surface area contributed by atoms with Crippen LogP contribution >= 0.6 is 12.2 Å². The summed E-state index contributed by atoms with van der Waals surface area (Å²) in [7, 11) is 1.61. The molecule has 0 atom stereocenters. The van der Waals surface area contributed by atoms with Crippen LogP contribution in [0.3, 0.4) is 0 Å². The van der Waals surface area contributed by atoms with Gasteiger partial charge in [0.1, 0.15) is 16.2 Å². The zero-order valence-corrected chi connectivity index (χ0v) is 13.7. The van der Waals surface area contributed by atoms with Crippen LogP contribution < -0.4 is 9.47 Å². The van der Waals surface area contributed by atoms with E-state index in [0.29, 0.717) is 34.3 Å². The lowest BCUT2D eigenvalue weighted by molar-refractivity contribution is 0.365. The predicted octanol–water partition coefficient (Wildman–Crippen LogP) is 4.22. The van der Waals surface area contributed by atoms with Gasteiger partial charge in [0.05, 0.1) is 12.7 Å². The SMILES string of the molecule is COc1cccc2c1Oc1[nH]c(-c3cccc(O)c3)nc(=S)c1C2. The molecule has 1 aromatic heterocycles. The van der Waals surface area contributed by atoms with E-state index in [0.717, 1.165) is 16.7 Å². The number of hydrogen-bond acceptors (Lipinski definition) is 5. The summed E-state index contributed by atoms with van der Waals surface area (Å²) in [5, 5.41) is 9.67. The molecule has 0 amide bonds. The smallest absolute Gasteiger partial charge is 0.205 e. The molecule has 3 aromatic rings. The van der Waals surface area contributed by atoms with Crippen LogP contribution in [0.15, 0.2) is 42.5 Å². The standard InChI is InChI=1S/C18H14N2O3S/c1-22-14-7-3-4-10-9-13-17(23-15(10)14)19-16(20-18(13)24)11-5-2-6-12(21)8-11/h2-8,21H,9H2,1H3,(H,19,20,24). The number of aromatic nitrogens is 2. The Bertz CT molecular complexity index is 998. The van der Waals surface area contributed by atoms with Crippen molar-refractivity contribution < 1.29 is 14.6 Å². The Labute approximate surface area is 143 Å². The lowest BCUT2D eigenvalue weighted by atomic mass is 10.0. The number of phenols is 1. The Morgan fingerprint density at radius 3 is 2.88 bits per heavy atom. The minimum absolute atomic E-state index is 0.166. The van der Waals surface area contributed by atoms with E-state index in [-0.39, 0.29) is 5.75 Å². The number of para-hydroxylation sites is 1. The molecule has 1 aliphatic rings. The van der Waals surface area contributed by atoms with E-state index in [1.165, 1.54) is 0 Å². The van der Waals surface area contributed by atoms with Gasteiger partial charge < -0.3 is 19.6 Å². The molecule has 0 saturated heterocycles. The maximum absolute atomic E-state index is 9.67. The van der Waals surface area contributed by atoms with Crippen molar-refractivity contribution in [1.29, 1.82) is 0 Å². The molecule has 0 aliphatic carbocycles. The monoisotopic (exact) mass is 338 g/mol. The first-order chi connectivity index (χ1) is 11.7. The summed E-state index contributed by atoms with van der Waals surface area (Å²) in [6.07, 6.45) is 0.629. The van der Waals surface area contributed by atoms with E-state index in [1.54, 1.807) is 25.3 Å². The molecular weight excluding hydrogens is 324 g/mol. The highest BCUT2D eigenvalue weighted by Gasteiger charge is 2.23. The van der Waals surface area contributed by atoms with Crippen molar-refractivity contribution in [3.05, 3.63) is 58.2 Å². The number of methoxy groups -OCH3 is 1. The molecule has 0 bridgehead atoms. The zero-order chi connectivity index (χ0) is 16.7. The fraction of sp³-hybridized carbons (Fsp3) is 0.111. The third-order valence-corrected chi connectivity index (χ3v) is 4.29. The number of rotatable bonds is 2. The Hall–Kier alpha value is -2.86. The highest BCUT2D eigenvalue weighted by Crippen LogP contribution is 2.42. The molecule has 24 heavy (non-hydrogen) atoms. The first kappa shape index (κ1) is 14.7. The van der Waals surface area contributed by atoms with Crippen molar-refractivity contribution in [1.82, 2.24) is 9.97 Å². The van der Waals surface area contributed by atoms with Gasteiger partial charge in [-0.25, -0.2) is 4.98 Å². The number of H-pyrrole nitrogens is 1. The number of nitrogens with zero attached hydrogens (tertiary/aromatic N) is 1. The van der Waals surface area contributed by atoms with Gasteiger partial charge in [-0.3, -0.25) is 0 Å². The van der Waals surface area contributed by atoms with E-state index in [2.05, 4.69) is 9.97 Å². The number of ether oxygens (including phenoxy) is 2. The molecule has 5 nitrogen and oxygen atoms in total. The number of aromatic amines is 1. The van der Waals surface area contributed by atoms with Gasteiger partial charge in [-0.15, -0.1) is 0 Å². The van der Waals surface area contributed by atoms with Gasteiger partial charge >= 0.3 is 0 Å². The van der Waals surface area contributed by atoms with Gasteiger partial charge in [0.2, 0.25) is 5.88 Å². The summed E-state index contributed by atoms with van der Waals surface area (Å²) in [6.45, 7) is 0. The van der Waals surface area contributed by atoms with E-state index in [9.17, 15) is 5.11 Å². The molecular formula is C18H14N2O3S. The fourth-order valence-electron chi connectivity index (χ4n) is 2.78. The quantitative estimate of drug-likeness (QED) is 0.536. The van der Waals surface area contributed by atoms with Crippen LogP contribution in [0.5, 0.6) is 23.1 Å². The number of benzene rings is 2. The Balaban J connectivity index is 1.84. The minimum atomic E-state index is 0.166. The molecule has 0 fully saturated rings. The highest BCUT2D eigenvalue weighted by atomic mass is 32.1. The predicted molar refractivity (Wildman–Crippen MR) is 92.4 cm³/mol. The topological polar surface area (TPSA) is 67.4 Å². The normalized spacial score (nSPS) is 12.0. The van der Waals surface area contributed by atoms with Crippen LogP contribution in [-0.4, -0.2) is 22.2 Å². The zero-order valence-electron chi connectivity index (χ0n) is 12.9. The van der Waals surface area contributed by atoms with E-state index in [1.807, 2.05) is 24.3 Å². The van der Waals surface area contributed by atoms with Crippen LogP contribution in [0.2, 0.25) is 0 Å². The fourth-order valence-corrected chi connectivity index (χ4v) is 3.04. The van der Waals surface area contributed by atoms with Crippen LogP contribution in [0.25, 0.3) is 11.4 Å². The van der Waals surface area contributed by atoms with Crippen molar-refractivity contribution in [2.45, 2.75) is 6.42 Å². The number of hydrogen-bond donors (Lipinski definition) is 2. The van der Waals surface area contributed by atoms with Gasteiger partial charge in [0.25, 0.3) is 0 Å². The van der Waals surface area contributed by atoms with Crippen LogP contribution in [-0.2, 0) is 6.42 Å². The first-order valence-corrected chi connectivity index (χ1v) is 7.83. The maximum atomic E-state index is 9.67. The second kappa shape index (κ2) is 5.65. The summed E-state index contributed by atoms with van der Waals surface area (Å²) >= 11 is 5.44. The first-order valence-electron chi connectivity index (χ1n) is 7.42. The Morgan fingerprint density at radius 1 is 1.25 bits per heavy atom. The largest absolute Gasteiger partial charge is 0.508 e. The molecule has 0 unspecified atom stereocenters. The van der Waals surface area contributed by atoms with E-state index < -0.39 is 0 Å². The molecule has 0 saturated carbocycles. The summed E-state index contributed by atoms with van der Waals surface area (Å²) in [5.74, 6) is 2.64. The van der Waals surface area contributed by atoms with Gasteiger partial charge in [0, 0.05) is 17.5 Å². The molecule has 4 rings (SSSR count). The van der Waals surface area contributed by atoms with Crippen LogP contribution in [0.4, 0.5) is 0 Å². The lowest BCUT2D eigenvalue weighted by Gasteiger charge is -2.22. The van der Waals surface area contributed by atoms with Crippen molar-refractivity contribution in [3.8, 4) is 34.5 Å². The van der Waals surface area contributed by atoms with Crippen molar-refractivity contribution in [2.75, 3.05) is 7.11 Å². The van der Waals surface area contributed by atoms with Gasteiger partial charge in [-0.2, -0.15) is 0 Å². The molecule has 2 aromatic carbocycles. The average molecular weight is 338 g/mol. The van der Waals surface area contributed by atoms with Gasteiger partial charge in [-0.1, -0.05) is 36.5 Å². The summed E-state index contributed by atoms with van der Waals surface area (Å²) in [5.41, 5.74) is 2.58. The highest BCUT2D eigenvalue weighted by molar-refractivity contribution is 7.71. The maximum Gasteiger partial charge on any atom is 0.205 e. The van der Waals surface area contributed by atoms with Crippen molar-refractivity contribution >= 4 is 12.2 Å². The van der Waals surface area contributed by atoms with Crippen molar-refractivity contribution in [3.63, 3.8) is 0 Å². The molecule has 2 heterocycles. The third-order valence-electron chi connectivity index (χ3n) is 3.95. The molecule has 0 radical (unpaired) electrons. The summed E-state index contributed by atoms with van der Waals surface area (Å²) in [4.78, 5) is 7.62. The Morgan fingerprint density at radius 2 is 2.08 bits per heavy atom. The van der Waals surface area contributed by atoms with Crippen molar-refractivity contribution in [2.24, 2.45) is 0 Å². The molecule has 1 aliphatic heterocycles. The second-order valence-electron chi connectivity index (χ2n) is 5.48. The number of fused-ring (bicyclic) bond motifs is 2. The summed E-state index contributed by atoms with van der Waals surface area (Å²) < 4.78 is 11.9. The average Bonchev–Trinajstić information content (AvgIpc) is 2.59. The van der Waals surface area contributed by atoms with Gasteiger partial charge in [0.15, 0.2) is 11.5 Å². The minimum Gasteiger partial charge on any atom is -0.508 e.